The minimum atomic E-state index is -0.782. The zero-order chi connectivity index (χ0) is 23.0. The second-order valence-electron chi connectivity index (χ2n) is 9.41. The van der Waals surface area contributed by atoms with Crippen LogP contribution in [0, 0.1) is 0 Å². The van der Waals surface area contributed by atoms with E-state index in [1.165, 1.54) is 11.1 Å². The van der Waals surface area contributed by atoms with Crippen molar-refractivity contribution in [2.45, 2.75) is 43.8 Å². The van der Waals surface area contributed by atoms with Gasteiger partial charge < -0.3 is 14.7 Å². The molecule has 0 bridgehead atoms. The second-order valence-corrected chi connectivity index (χ2v) is 9.41. The molecule has 1 spiro atoms. The Morgan fingerprint density at radius 1 is 1.00 bits per heavy atom. The maximum Gasteiger partial charge on any atom is 0.328 e. The van der Waals surface area contributed by atoms with E-state index in [1.54, 1.807) is 29.0 Å². The number of methoxy groups -OCH3 is 1. The number of likely N-dealkylation sites (tertiary alicyclic amines) is 1. The molecule has 2 aromatic rings. The van der Waals surface area contributed by atoms with Crippen LogP contribution in [0.1, 0.15) is 29.5 Å². The number of ether oxygens (including phenoxy) is 1. The van der Waals surface area contributed by atoms with Crippen molar-refractivity contribution in [1.29, 1.82) is 0 Å². The Morgan fingerprint density at radius 2 is 1.64 bits per heavy atom. The fourth-order valence-electron chi connectivity index (χ4n) is 5.70. The number of hydrogen-bond acceptors (Lipinski definition) is 5. The molecule has 2 saturated heterocycles. The summed E-state index contributed by atoms with van der Waals surface area (Å²) in [5, 5.41) is 9.52. The van der Waals surface area contributed by atoms with Gasteiger partial charge in [-0.3, -0.25) is 14.6 Å². The standard InChI is InChI=1S/C26H31N3O4/c1-33-15-14-28-25(32)29(22-16-20-4-2-3-5-21(20)17-22)24(31)26(28)10-12-27(13-11-26)18-19-6-8-23(30)9-7-19/h2-9,22,30H,10-18H2,1H3. The van der Waals surface area contributed by atoms with Crippen LogP contribution in [0.4, 0.5) is 4.79 Å². The normalized spacial score (nSPS) is 20.8. The third kappa shape index (κ3) is 3.89. The number of hydrogen-bond donors (Lipinski definition) is 1. The molecule has 2 heterocycles. The van der Waals surface area contributed by atoms with Gasteiger partial charge in [0.2, 0.25) is 0 Å². The largest absolute Gasteiger partial charge is 0.508 e. The number of piperidine rings is 1. The van der Waals surface area contributed by atoms with Crippen molar-refractivity contribution in [2.24, 2.45) is 0 Å². The number of rotatable bonds is 6. The van der Waals surface area contributed by atoms with Crippen molar-refractivity contribution in [2.75, 3.05) is 33.4 Å². The topological polar surface area (TPSA) is 73.3 Å². The highest BCUT2D eigenvalue weighted by Crippen LogP contribution is 2.40. The van der Waals surface area contributed by atoms with Gasteiger partial charge in [0, 0.05) is 39.3 Å². The van der Waals surface area contributed by atoms with E-state index in [2.05, 4.69) is 17.0 Å². The van der Waals surface area contributed by atoms with Gasteiger partial charge in [-0.1, -0.05) is 36.4 Å². The predicted molar refractivity (Wildman–Crippen MR) is 124 cm³/mol. The van der Waals surface area contributed by atoms with Crippen LogP contribution in [0.3, 0.4) is 0 Å². The molecule has 2 aliphatic heterocycles. The number of urea groups is 1. The molecular formula is C26H31N3O4. The lowest BCUT2D eigenvalue weighted by Gasteiger charge is -2.42. The zero-order valence-electron chi connectivity index (χ0n) is 19.1. The number of imide groups is 1. The van der Waals surface area contributed by atoms with E-state index >= 15 is 0 Å². The molecule has 1 N–H and O–H groups in total. The fraction of sp³-hybridized carbons (Fsp3) is 0.462. The van der Waals surface area contributed by atoms with Crippen LogP contribution < -0.4 is 0 Å². The molecule has 3 amide bonds. The molecule has 0 aromatic heterocycles. The lowest BCUT2D eigenvalue weighted by molar-refractivity contribution is -0.137. The van der Waals surface area contributed by atoms with Crippen LogP contribution in [0.15, 0.2) is 48.5 Å². The lowest BCUT2D eigenvalue weighted by atomic mass is 9.85. The molecule has 0 saturated carbocycles. The molecule has 2 fully saturated rings. The van der Waals surface area contributed by atoms with Gasteiger partial charge in [-0.05, 0) is 54.5 Å². The highest BCUT2D eigenvalue weighted by atomic mass is 16.5. The van der Waals surface area contributed by atoms with E-state index in [1.807, 2.05) is 24.3 Å². The summed E-state index contributed by atoms with van der Waals surface area (Å²) in [5.74, 6) is 0.222. The molecule has 174 valence electrons. The Kier molecular flexibility index (Phi) is 5.85. The van der Waals surface area contributed by atoms with E-state index in [4.69, 9.17) is 4.74 Å². The number of amides is 3. The van der Waals surface area contributed by atoms with E-state index in [0.717, 1.165) is 38.0 Å². The summed E-state index contributed by atoms with van der Waals surface area (Å²) in [6, 6.07) is 15.2. The average Bonchev–Trinajstić information content (AvgIpc) is 3.33. The van der Waals surface area contributed by atoms with Crippen LogP contribution in [0.5, 0.6) is 5.75 Å². The van der Waals surface area contributed by atoms with Crippen LogP contribution in [0.2, 0.25) is 0 Å². The van der Waals surface area contributed by atoms with Gasteiger partial charge >= 0.3 is 6.03 Å². The lowest BCUT2D eigenvalue weighted by Crippen LogP contribution is -2.57. The smallest absolute Gasteiger partial charge is 0.328 e. The molecule has 7 heteroatoms. The zero-order valence-corrected chi connectivity index (χ0v) is 19.1. The Balaban J connectivity index is 1.34. The maximum atomic E-state index is 13.9. The quantitative estimate of drug-likeness (QED) is 0.687. The highest BCUT2D eigenvalue weighted by molar-refractivity contribution is 6.07. The van der Waals surface area contributed by atoms with Gasteiger partial charge in [-0.2, -0.15) is 0 Å². The number of carbonyl (C=O) groups excluding carboxylic acids is 2. The third-order valence-electron chi connectivity index (χ3n) is 7.51. The van der Waals surface area contributed by atoms with Crippen LogP contribution >= 0.6 is 0 Å². The van der Waals surface area contributed by atoms with Gasteiger partial charge in [0.25, 0.3) is 5.91 Å². The first kappa shape index (κ1) is 21.9. The molecule has 5 rings (SSSR count). The minimum Gasteiger partial charge on any atom is -0.508 e. The summed E-state index contributed by atoms with van der Waals surface area (Å²) in [7, 11) is 1.63. The van der Waals surface area contributed by atoms with Gasteiger partial charge in [0.15, 0.2) is 0 Å². The van der Waals surface area contributed by atoms with Crippen LogP contribution in [-0.4, -0.2) is 76.7 Å². The summed E-state index contributed by atoms with van der Waals surface area (Å²) in [5.41, 5.74) is 2.81. The first-order valence-corrected chi connectivity index (χ1v) is 11.7. The first-order valence-electron chi connectivity index (χ1n) is 11.7. The monoisotopic (exact) mass is 449 g/mol. The molecule has 0 radical (unpaired) electrons. The predicted octanol–water partition coefficient (Wildman–Crippen LogP) is 2.80. The Hall–Kier alpha value is -2.90. The van der Waals surface area contributed by atoms with Gasteiger partial charge in [-0.25, -0.2) is 4.79 Å². The number of nitrogens with zero attached hydrogens (tertiary/aromatic N) is 3. The van der Waals surface area contributed by atoms with Crippen molar-refractivity contribution < 1.29 is 19.4 Å². The molecule has 0 unspecified atom stereocenters. The second kappa shape index (κ2) is 8.80. The summed E-state index contributed by atoms with van der Waals surface area (Å²) in [6.45, 7) is 3.08. The number of aromatic hydroxyl groups is 1. The van der Waals surface area contributed by atoms with Crippen LogP contribution in [-0.2, 0) is 28.9 Å². The molecule has 0 atom stereocenters. The summed E-state index contributed by atoms with van der Waals surface area (Å²) < 4.78 is 5.29. The van der Waals surface area contributed by atoms with Gasteiger partial charge in [-0.15, -0.1) is 0 Å². The molecule has 33 heavy (non-hydrogen) atoms. The first-order chi connectivity index (χ1) is 16.0. The number of carbonyl (C=O) groups is 2. The van der Waals surface area contributed by atoms with Crippen molar-refractivity contribution in [3.63, 3.8) is 0 Å². The Labute approximate surface area is 194 Å². The van der Waals surface area contributed by atoms with E-state index in [-0.39, 0.29) is 23.7 Å². The van der Waals surface area contributed by atoms with Crippen molar-refractivity contribution in [3.05, 3.63) is 65.2 Å². The summed E-state index contributed by atoms with van der Waals surface area (Å²) in [4.78, 5) is 33.1. The third-order valence-corrected chi connectivity index (χ3v) is 7.51. The molecular weight excluding hydrogens is 418 g/mol. The Morgan fingerprint density at radius 3 is 2.24 bits per heavy atom. The number of fused-ring (bicyclic) bond motifs is 1. The highest BCUT2D eigenvalue weighted by Gasteiger charge is 2.59. The van der Waals surface area contributed by atoms with E-state index in [9.17, 15) is 14.7 Å². The van der Waals surface area contributed by atoms with Crippen LogP contribution in [0.25, 0.3) is 0 Å². The fourth-order valence-corrected chi connectivity index (χ4v) is 5.70. The SMILES string of the molecule is COCCN1C(=O)N(C2Cc3ccccc3C2)C(=O)C12CCN(Cc1ccc(O)cc1)CC2. The number of benzene rings is 2. The van der Waals surface area contributed by atoms with E-state index in [0.29, 0.717) is 26.0 Å². The molecule has 3 aliphatic rings. The van der Waals surface area contributed by atoms with E-state index < -0.39 is 5.54 Å². The number of phenols is 1. The molecule has 1 aliphatic carbocycles. The minimum absolute atomic E-state index is 0.0364. The summed E-state index contributed by atoms with van der Waals surface area (Å²) >= 11 is 0. The average molecular weight is 450 g/mol. The van der Waals surface area contributed by atoms with Crippen molar-refractivity contribution in [1.82, 2.24) is 14.7 Å². The van der Waals surface area contributed by atoms with Gasteiger partial charge in [0.05, 0.1) is 6.61 Å². The Bertz CT molecular complexity index is 1010. The molecule has 7 nitrogen and oxygen atoms in total. The molecule has 2 aromatic carbocycles. The number of phenolic OH excluding ortho intramolecular Hbond substituents is 1. The summed E-state index contributed by atoms with van der Waals surface area (Å²) in [6.07, 6.45) is 2.70. The van der Waals surface area contributed by atoms with Gasteiger partial charge in [0.1, 0.15) is 11.3 Å². The van der Waals surface area contributed by atoms with Crippen molar-refractivity contribution >= 4 is 11.9 Å². The maximum absolute atomic E-state index is 13.9. The van der Waals surface area contributed by atoms with Crippen molar-refractivity contribution in [3.8, 4) is 5.75 Å².